The molecule has 0 aliphatic rings. The van der Waals surface area contributed by atoms with Crippen LogP contribution in [-0.2, 0) is 7.05 Å². The average molecular weight is 732 g/mol. The summed E-state index contributed by atoms with van der Waals surface area (Å²) >= 11 is 0. The zero-order valence-corrected chi connectivity index (χ0v) is 32.7. The van der Waals surface area contributed by atoms with Crippen molar-refractivity contribution >= 4 is 54.8 Å². The molecule has 3 heterocycles. The van der Waals surface area contributed by atoms with Gasteiger partial charge in [-0.05, 0) is 102 Å². The van der Waals surface area contributed by atoms with Crippen LogP contribution in [0.4, 0.5) is 0 Å². The van der Waals surface area contributed by atoms with E-state index in [2.05, 4.69) is 170 Å². The third kappa shape index (κ3) is 5.02. The molecule has 7 aromatic carbocycles. The van der Waals surface area contributed by atoms with E-state index in [0.29, 0.717) is 22.1 Å². The topological polar surface area (TPSA) is 26.9 Å². The highest BCUT2D eigenvalue weighted by Gasteiger charge is 2.34. The highest BCUT2D eigenvalue weighted by Crippen LogP contribution is 2.44. The van der Waals surface area contributed by atoms with Crippen molar-refractivity contribution in [2.24, 2.45) is 7.05 Å². The van der Waals surface area contributed by atoms with Crippen LogP contribution in [0.1, 0.15) is 65.9 Å². The monoisotopic (exact) mass is 731 g/mol. The molecule has 10 rings (SSSR count). The van der Waals surface area contributed by atoms with E-state index in [1.807, 2.05) is 25.1 Å². The number of aryl methyl sites for hydroxylation is 3. The SMILES string of the molecule is [2H]C([2H])([2H])c1cc(C)c(-c2n(-c3c(C(C)C)cccc3C(C)C)c3ccccc3[n+]2C)c2oc3cc(-c4ccc5c(c4)c4ccccc4n5-c4ccccc4)ccc3c12. The lowest BCUT2D eigenvalue weighted by atomic mass is 9.92. The Morgan fingerprint density at radius 2 is 1.25 bits per heavy atom. The van der Waals surface area contributed by atoms with Crippen molar-refractivity contribution in [3.05, 3.63) is 162 Å². The van der Waals surface area contributed by atoms with Gasteiger partial charge in [-0.2, -0.15) is 4.57 Å². The second kappa shape index (κ2) is 12.8. The van der Waals surface area contributed by atoms with Crippen molar-refractivity contribution < 1.29 is 13.1 Å². The second-order valence-electron chi connectivity index (χ2n) is 15.9. The first-order valence-electron chi connectivity index (χ1n) is 21.1. The van der Waals surface area contributed by atoms with Crippen LogP contribution in [0, 0.1) is 13.8 Å². The number of para-hydroxylation sites is 5. The number of hydrogen-bond acceptors (Lipinski definition) is 1. The van der Waals surface area contributed by atoms with Gasteiger partial charge in [-0.25, -0.2) is 4.57 Å². The fraction of sp³-hybridized carbons (Fsp3) is 0.173. The Bertz CT molecular complexity index is 3260. The summed E-state index contributed by atoms with van der Waals surface area (Å²) in [6.07, 6.45) is 0. The van der Waals surface area contributed by atoms with E-state index in [0.717, 1.165) is 66.6 Å². The Morgan fingerprint density at radius 1 is 0.589 bits per heavy atom. The van der Waals surface area contributed by atoms with Gasteiger partial charge >= 0.3 is 0 Å². The first-order chi connectivity index (χ1) is 28.4. The average Bonchev–Trinajstić information content (AvgIpc) is 3.87. The Kier molecular flexibility index (Phi) is 7.08. The van der Waals surface area contributed by atoms with Crippen molar-refractivity contribution in [1.82, 2.24) is 9.13 Å². The maximum atomic E-state index is 8.76. The summed E-state index contributed by atoms with van der Waals surface area (Å²) in [6.45, 7) is 8.65. The number of benzene rings is 7. The van der Waals surface area contributed by atoms with Crippen LogP contribution in [0.5, 0.6) is 0 Å². The van der Waals surface area contributed by atoms with Gasteiger partial charge in [0.05, 0.1) is 18.1 Å². The highest BCUT2D eigenvalue weighted by atomic mass is 16.3. The molecule has 3 aromatic heterocycles. The van der Waals surface area contributed by atoms with Gasteiger partial charge in [0.2, 0.25) is 0 Å². The molecule has 0 atom stereocenters. The number of imidazole rings is 1. The molecule has 0 amide bonds. The minimum absolute atomic E-state index is 0.265. The largest absolute Gasteiger partial charge is 0.455 e. The van der Waals surface area contributed by atoms with E-state index >= 15 is 0 Å². The highest BCUT2D eigenvalue weighted by molar-refractivity contribution is 6.13. The molecule has 0 spiro atoms. The molecule has 0 bridgehead atoms. The number of furan rings is 1. The first-order valence-corrected chi connectivity index (χ1v) is 19.6. The summed E-state index contributed by atoms with van der Waals surface area (Å²) in [5, 5.41) is 3.76. The number of fused-ring (bicyclic) bond motifs is 7. The first kappa shape index (κ1) is 30.9. The van der Waals surface area contributed by atoms with E-state index < -0.39 is 6.85 Å². The zero-order valence-electron chi connectivity index (χ0n) is 35.7. The van der Waals surface area contributed by atoms with E-state index in [1.54, 1.807) is 0 Å². The molecule has 0 radical (unpaired) electrons. The minimum atomic E-state index is -2.36. The Hall–Kier alpha value is -6.39. The van der Waals surface area contributed by atoms with Gasteiger partial charge in [-0.15, -0.1) is 0 Å². The number of rotatable bonds is 6. The van der Waals surface area contributed by atoms with E-state index in [-0.39, 0.29) is 11.8 Å². The molecule has 0 saturated carbocycles. The maximum absolute atomic E-state index is 8.76. The normalized spacial score (nSPS) is 13.2. The van der Waals surface area contributed by atoms with Gasteiger partial charge in [0.25, 0.3) is 5.82 Å². The fourth-order valence-electron chi connectivity index (χ4n) is 9.14. The molecule has 0 N–H and O–H groups in total. The van der Waals surface area contributed by atoms with Gasteiger partial charge in [0, 0.05) is 42.5 Å². The van der Waals surface area contributed by atoms with Gasteiger partial charge < -0.3 is 8.98 Å². The molecule has 0 fully saturated rings. The standard InChI is InChI=1S/C52H46N3O/c1-31(2)38-19-15-20-39(32(3)4)50(38)55-46-23-14-13-22-45(46)53(7)52(55)49-34(6)28-33(5)48-41-26-24-36(30-47(41)56-51(48)49)35-25-27-44-42(29-35)40-18-11-12-21-43(40)54(44)37-16-9-8-10-17-37/h8-32H,1-7H3/q+1/i5D3. The van der Waals surface area contributed by atoms with Crippen molar-refractivity contribution in [2.45, 2.75) is 53.3 Å². The predicted octanol–water partition coefficient (Wildman–Crippen LogP) is 13.6. The summed E-state index contributed by atoms with van der Waals surface area (Å²) in [5.74, 6) is 1.47. The van der Waals surface area contributed by atoms with Crippen molar-refractivity contribution in [3.63, 3.8) is 0 Å². The van der Waals surface area contributed by atoms with E-state index in [4.69, 9.17) is 8.53 Å². The summed E-state index contributed by atoms with van der Waals surface area (Å²) in [7, 11) is 2.11. The molecule has 4 nitrogen and oxygen atoms in total. The fourth-order valence-corrected chi connectivity index (χ4v) is 9.14. The van der Waals surface area contributed by atoms with Gasteiger partial charge in [-0.3, -0.25) is 0 Å². The molecule has 56 heavy (non-hydrogen) atoms. The van der Waals surface area contributed by atoms with Gasteiger partial charge in [-0.1, -0.05) is 113 Å². The molecular formula is C52H46N3O+. The van der Waals surface area contributed by atoms with Crippen molar-refractivity contribution in [2.75, 3.05) is 0 Å². The lowest BCUT2D eigenvalue weighted by molar-refractivity contribution is -0.633. The molecule has 4 heteroatoms. The van der Waals surface area contributed by atoms with Crippen LogP contribution in [0.2, 0.25) is 0 Å². The maximum Gasteiger partial charge on any atom is 0.299 e. The molecule has 0 aliphatic heterocycles. The smallest absolute Gasteiger partial charge is 0.299 e. The Balaban J connectivity index is 1.25. The lowest BCUT2D eigenvalue weighted by Crippen LogP contribution is -2.30. The van der Waals surface area contributed by atoms with Crippen LogP contribution >= 0.6 is 0 Å². The molecular weight excluding hydrogens is 683 g/mol. The predicted molar refractivity (Wildman–Crippen MR) is 235 cm³/mol. The molecule has 10 aromatic rings. The van der Waals surface area contributed by atoms with Crippen molar-refractivity contribution in [3.8, 4) is 33.9 Å². The minimum Gasteiger partial charge on any atom is -0.455 e. The lowest BCUT2D eigenvalue weighted by Gasteiger charge is -2.18. The van der Waals surface area contributed by atoms with E-state index in [1.165, 1.54) is 22.2 Å². The Morgan fingerprint density at radius 3 is 2.00 bits per heavy atom. The molecule has 0 saturated heterocycles. The summed E-state index contributed by atoms with van der Waals surface area (Å²) < 4.78 is 40.3. The van der Waals surface area contributed by atoms with Crippen LogP contribution < -0.4 is 4.57 Å². The van der Waals surface area contributed by atoms with Gasteiger partial charge in [0.15, 0.2) is 16.6 Å². The second-order valence-corrected chi connectivity index (χ2v) is 15.9. The number of aromatic nitrogens is 3. The summed E-state index contributed by atoms with van der Waals surface area (Å²) in [4.78, 5) is 0. The van der Waals surface area contributed by atoms with E-state index in [9.17, 15) is 0 Å². The van der Waals surface area contributed by atoms with Crippen LogP contribution in [0.15, 0.2) is 144 Å². The molecule has 0 unspecified atom stereocenters. The van der Waals surface area contributed by atoms with Crippen LogP contribution in [0.25, 0.3) is 88.7 Å². The third-order valence-corrected chi connectivity index (χ3v) is 11.8. The number of hydrogen-bond donors (Lipinski definition) is 0. The van der Waals surface area contributed by atoms with Crippen molar-refractivity contribution in [1.29, 1.82) is 0 Å². The quantitative estimate of drug-likeness (QED) is 0.156. The Labute approximate surface area is 332 Å². The third-order valence-electron chi connectivity index (χ3n) is 11.8. The van der Waals surface area contributed by atoms with Crippen LogP contribution in [0.3, 0.4) is 0 Å². The molecule has 0 aliphatic carbocycles. The van der Waals surface area contributed by atoms with Gasteiger partial charge in [0.1, 0.15) is 16.8 Å². The van der Waals surface area contributed by atoms with Crippen LogP contribution in [-0.4, -0.2) is 9.13 Å². The summed E-state index contributed by atoms with van der Waals surface area (Å²) in [6, 6.07) is 48.9. The summed E-state index contributed by atoms with van der Waals surface area (Å²) in [5.41, 5.74) is 14.5. The zero-order chi connectivity index (χ0) is 40.9. The molecule has 274 valence electrons. The number of nitrogens with zero attached hydrogens (tertiary/aromatic N) is 3.